The maximum atomic E-state index is 12.2. The largest absolute Gasteiger partial charge is 0.534 e. The van der Waals surface area contributed by atoms with E-state index in [1.54, 1.807) is 0 Å². The molecule has 0 amide bonds. The Balaban J connectivity index is 3.30. The topological polar surface area (TPSA) is 60.4 Å². The van der Waals surface area contributed by atoms with Gasteiger partial charge in [-0.25, -0.2) is 0 Å². The first-order valence-electron chi connectivity index (χ1n) is 4.36. The summed E-state index contributed by atoms with van der Waals surface area (Å²) in [4.78, 5) is 11.3. The second-order valence-electron chi connectivity index (χ2n) is 3.20. The minimum absolute atomic E-state index is 0.203. The van der Waals surface area contributed by atoms with Crippen LogP contribution in [0.3, 0.4) is 0 Å². The summed E-state index contributed by atoms with van der Waals surface area (Å²) in [5, 5.41) is 0. The zero-order valence-electron chi connectivity index (χ0n) is 8.79. The number of hydrogen-bond donors (Lipinski definition) is 0. The number of rotatable bonds is 3. The van der Waals surface area contributed by atoms with E-state index in [9.17, 15) is 26.4 Å². The summed E-state index contributed by atoms with van der Waals surface area (Å²) in [6.45, 7) is 1.46. The molecule has 1 rings (SSSR count). The molecule has 0 spiro atoms. The summed E-state index contributed by atoms with van der Waals surface area (Å²) in [6.07, 6.45) is 0. The van der Waals surface area contributed by atoms with Gasteiger partial charge in [0.15, 0.2) is 5.75 Å². The highest BCUT2D eigenvalue weighted by Gasteiger charge is 2.49. The van der Waals surface area contributed by atoms with Crippen LogP contribution in [0.2, 0.25) is 0 Å². The first-order valence-corrected chi connectivity index (χ1v) is 6.85. The molecule has 0 bridgehead atoms. The summed E-state index contributed by atoms with van der Waals surface area (Å²) in [7, 11) is -5.78. The summed E-state index contributed by atoms with van der Waals surface area (Å²) >= 11 is 1.34. The molecule has 1 aromatic rings. The van der Waals surface area contributed by atoms with Crippen LogP contribution < -0.4 is 4.18 Å². The van der Waals surface area contributed by atoms with E-state index in [-0.39, 0.29) is 5.56 Å². The number of benzene rings is 1. The van der Waals surface area contributed by atoms with Gasteiger partial charge in [-0.05, 0) is 18.6 Å². The fourth-order valence-corrected chi connectivity index (χ4v) is 2.29. The lowest BCUT2D eigenvalue weighted by Crippen LogP contribution is -2.28. The first kappa shape index (κ1) is 15.2. The Labute approximate surface area is 114 Å². The van der Waals surface area contributed by atoms with Crippen LogP contribution in [0.1, 0.15) is 15.9 Å². The minimum atomic E-state index is -5.78. The Bertz CT molecular complexity index is 580. The Hall–Kier alpha value is -0.840. The normalized spacial score (nSPS) is 12.3. The van der Waals surface area contributed by atoms with Crippen LogP contribution in [-0.4, -0.2) is 17.7 Å². The summed E-state index contributed by atoms with van der Waals surface area (Å²) in [6, 6.07) is 3.74. The van der Waals surface area contributed by atoms with E-state index in [0.717, 1.165) is 6.07 Å². The fourth-order valence-electron chi connectivity index (χ4n) is 1.13. The summed E-state index contributed by atoms with van der Waals surface area (Å²) in [5.41, 5.74) is -5.42. The molecule has 0 atom stereocenters. The van der Waals surface area contributed by atoms with E-state index in [1.807, 2.05) is 0 Å². The Morgan fingerprint density at radius 1 is 1.33 bits per heavy atom. The van der Waals surface area contributed by atoms with E-state index in [2.05, 4.69) is 4.18 Å². The van der Waals surface area contributed by atoms with E-state index in [1.165, 1.54) is 41.6 Å². The molecule has 0 fully saturated rings. The van der Waals surface area contributed by atoms with E-state index in [0.29, 0.717) is 5.56 Å². The molecule has 9 heteroatoms. The predicted octanol–water partition coefficient (Wildman–Crippen LogP) is 2.80. The third kappa shape index (κ3) is 3.13. The molecule has 0 radical (unpaired) electrons. The van der Waals surface area contributed by atoms with Crippen molar-refractivity contribution in [2.45, 2.75) is 12.4 Å². The number of hydrogen-bond acceptors (Lipinski definition) is 4. The Morgan fingerprint density at radius 3 is 2.33 bits per heavy atom. The van der Waals surface area contributed by atoms with E-state index in [4.69, 9.17) is 0 Å². The molecular weight excluding hydrogens is 388 g/mol. The number of aryl methyl sites for hydroxylation is 1. The molecule has 100 valence electrons. The van der Waals surface area contributed by atoms with Crippen LogP contribution in [0.4, 0.5) is 13.2 Å². The lowest BCUT2D eigenvalue weighted by Gasteiger charge is -2.12. The molecule has 0 aromatic heterocycles. The maximum Gasteiger partial charge on any atom is 0.534 e. The summed E-state index contributed by atoms with van der Waals surface area (Å²) in [5.74, 6) is -0.633. The maximum absolute atomic E-state index is 12.2. The Kier molecular flexibility index (Phi) is 4.26. The quantitative estimate of drug-likeness (QED) is 0.343. The number of carbonyl (C=O) groups excluding carboxylic acids is 1. The summed E-state index contributed by atoms with van der Waals surface area (Å²) < 4.78 is 61.5. The molecule has 18 heavy (non-hydrogen) atoms. The molecular formula is C9H6F3IO4S. The van der Waals surface area contributed by atoms with Gasteiger partial charge in [-0.15, -0.1) is 0 Å². The molecule has 0 aliphatic heterocycles. The van der Waals surface area contributed by atoms with Crippen LogP contribution in [0, 0.1) is 6.92 Å². The predicted molar refractivity (Wildman–Crippen MR) is 65.1 cm³/mol. The van der Waals surface area contributed by atoms with Crippen molar-refractivity contribution in [1.82, 2.24) is 0 Å². The number of carbonyl (C=O) groups is 1. The zero-order valence-corrected chi connectivity index (χ0v) is 11.8. The third-order valence-electron chi connectivity index (χ3n) is 1.91. The van der Waals surface area contributed by atoms with Gasteiger partial charge in [0.1, 0.15) is 0 Å². The van der Waals surface area contributed by atoms with Crippen molar-refractivity contribution in [2.24, 2.45) is 0 Å². The lowest BCUT2D eigenvalue weighted by atomic mass is 10.1. The second-order valence-corrected chi connectivity index (χ2v) is 5.72. The van der Waals surface area contributed by atoms with Crippen LogP contribution in [0.5, 0.6) is 5.75 Å². The highest BCUT2D eigenvalue weighted by Crippen LogP contribution is 2.31. The van der Waals surface area contributed by atoms with Crippen molar-refractivity contribution < 1.29 is 30.6 Å². The average molecular weight is 394 g/mol. The van der Waals surface area contributed by atoms with Crippen molar-refractivity contribution in [3.05, 3.63) is 29.3 Å². The molecule has 1 aromatic carbocycles. The molecule has 0 heterocycles. The molecule has 0 saturated heterocycles. The van der Waals surface area contributed by atoms with Gasteiger partial charge in [-0.1, -0.05) is 12.1 Å². The lowest BCUT2D eigenvalue weighted by molar-refractivity contribution is -0.0500. The van der Waals surface area contributed by atoms with Gasteiger partial charge in [0.2, 0.25) is 3.79 Å². The molecule has 0 unspecified atom stereocenters. The minimum Gasteiger partial charge on any atom is -0.375 e. The molecule has 0 saturated carbocycles. The molecule has 4 nitrogen and oxygen atoms in total. The van der Waals surface area contributed by atoms with Crippen molar-refractivity contribution in [3.8, 4) is 5.75 Å². The van der Waals surface area contributed by atoms with E-state index < -0.39 is 25.2 Å². The van der Waals surface area contributed by atoms with Crippen molar-refractivity contribution in [1.29, 1.82) is 0 Å². The van der Waals surface area contributed by atoms with Gasteiger partial charge in [-0.3, -0.25) is 4.79 Å². The van der Waals surface area contributed by atoms with Gasteiger partial charge in [0.25, 0.3) is 0 Å². The highest BCUT2D eigenvalue weighted by atomic mass is 127. The third-order valence-corrected chi connectivity index (χ3v) is 3.42. The first-order chi connectivity index (χ1) is 8.06. The van der Waals surface area contributed by atoms with Crippen LogP contribution in [-0.2, 0) is 10.1 Å². The average Bonchev–Trinajstić information content (AvgIpc) is 2.14. The van der Waals surface area contributed by atoms with Gasteiger partial charge >= 0.3 is 15.6 Å². The van der Waals surface area contributed by atoms with Gasteiger partial charge in [-0.2, -0.15) is 21.6 Å². The van der Waals surface area contributed by atoms with Crippen LogP contribution in [0.15, 0.2) is 18.2 Å². The zero-order chi connectivity index (χ0) is 14.1. The fraction of sp³-hybridized carbons (Fsp3) is 0.222. The van der Waals surface area contributed by atoms with Gasteiger partial charge < -0.3 is 4.18 Å². The van der Waals surface area contributed by atoms with Crippen molar-refractivity contribution in [2.75, 3.05) is 0 Å². The van der Waals surface area contributed by atoms with Crippen LogP contribution >= 0.6 is 22.6 Å². The SMILES string of the molecule is Cc1cccc(OS(=O)(=O)C(F)(F)F)c1C(=O)I. The Morgan fingerprint density at radius 2 is 1.89 bits per heavy atom. The van der Waals surface area contributed by atoms with Gasteiger partial charge in [0, 0.05) is 22.6 Å². The molecule has 0 aliphatic carbocycles. The van der Waals surface area contributed by atoms with E-state index >= 15 is 0 Å². The number of halogens is 4. The molecule has 0 aliphatic rings. The molecule has 0 N–H and O–H groups in total. The standard InChI is InChI=1S/C9H6F3IO4S/c1-5-3-2-4-6(7(5)8(13)14)17-18(15,16)9(10,11)12/h2-4H,1H3. The smallest absolute Gasteiger partial charge is 0.375 e. The van der Waals surface area contributed by atoms with Crippen molar-refractivity contribution in [3.63, 3.8) is 0 Å². The second kappa shape index (κ2) is 5.03. The monoisotopic (exact) mass is 394 g/mol. The number of alkyl halides is 3. The van der Waals surface area contributed by atoms with Crippen LogP contribution in [0.25, 0.3) is 0 Å². The van der Waals surface area contributed by atoms with Gasteiger partial charge in [0.05, 0.1) is 5.56 Å². The highest BCUT2D eigenvalue weighted by molar-refractivity contribution is 14.1. The van der Waals surface area contributed by atoms with Crippen molar-refractivity contribution >= 4 is 36.5 Å².